The van der Waals surface area contributed by atoms with Crippen LogP contribution in [0.15, 0.2) is 0 Å². The van der Waals surface area contributed by atoms with E-state index in [4.69, 9.17) is 0 Å². The van der Waals surface area contributed by atoms with Crippen LogP contribution >= 0.6 is 0 Å². The first kappa shape index (κ1) is 7.87. The second-order valence-corrected chi connectivity index (χ2v) is 2.52. The maximum Gasteiger partial charge on any atom is 0.0946 e. The molecule has 0 aliphatic carbocycles. The lowest BCUT2D eigenvalue weighted by Gasteiger charge is -2.03. The summed E-state index contributed by atoms with van der Waals surface area (Å²) in [5.74, 6) is 2.48. The Kier molecular flexibility index (Phi) is 3.76. The smallest absolute Gasteiger partial charge is 0.0242 e. The molecular weight excluding hydrogens is 96.1 g/mol. The van der Waals surface area contributed by atoms with Crippen molar-refractivity contribution in [1.29, 1.82) is 0 Å². The van der Waals surface area contributed by atoms with Crippen LogP contribution in [-0.4, -0.2) is 0 Å². The minimum absolute atomic E-state index is 0.796. The van der Waals surface area contributed by atoms with E-state index in [9.17, 15) is 0 Å². The summed E-state index contributed by atoms with van der Waals surface area (Å²) in [4.78, 5) is 0. The van der Waals surface area contributed by atoms with Crippen molar-refractivity contribution in [2.75, 3.05) is 0 Å². The molecule has 0 nitrogen and oxygen atoms in total. The van der Waals surface area contributed by atoms with E-state index in [1.165, 1.54) is 12.8 Å². The molecule has 0 saturated carbocycles. The standard InChI is InChI=1S/C8H17/c1-5-8(6-2)7(3)4/h7H,5-6H2,1-4H3/q+1. The van der Waals surface area contributed by atoms with E-state index in [0.29, 0.717) is 0 Å². The summed E-state index contributed by atoms with van der Waals surface area (Å²) < 4.78 is 0. The monoisotopic (exact) mass is 113 g/mol. The summed E-state index contributed by atoms with van der Waals surface area (Å²) in [5, 5.41) is 0. The van der Waals surface area contributed by atoms with Gasteiger partial charge in [0.2, 0.25) is 0 Å². The van der Waals surface area contributed by atoms with Crippen molar-refractivity contribution in [2.24, 2.45) is 5.92 Å². The minimum atomic E-state index is 0.796. The summed E-state index contributed by atoms with van der Waals surface area (Å²) in [5.41, 5.74) is 0. The van der Waals surface area contributed by atoms with Crippen LogP contribution in [0.2, 0.25) is 0 Å². The summed E-state index contributed by atoms with van der Waals surface area (Å²) in [7, 11) is 0. The highest BCUT2D eigenvalue weighted by Crippen LogP contribution is 2.19. The third-order valence-corrected chi connectivity index (χ3v) is 1.72. The van der Waals surface area contributed by atoms with Gasteiger partial charge in [-0.25, -0.2) is 0 Å². The van der Waals surface area contributed by atoms with E-state index in [0.717, 1.165) is 5.92 Å². The van der Waals surface area contributed by atoms with Crippen molar-refractivity contribution in [3.63, 3.8) is 0 Å². The predicted molar refractivity (Wildman–Crippen MR) is 38.7 cm³/mol. The molecule has 0 aliphatic heterocycles. The lowest BCUT2D eigenvalue weighted by molar-refractivity contribution is 0.583. The van der Waals surface area contributed by atoms with Crippen LogP contribution in [-0.2, 0) is 0 Å². The van der Waals surface area contributed by atoms with Crippen LogP contribution in [0.25, 0.3) is 0 Å². The molecule has 0 aromatic heterocycles. The molecule has 0 heterocycles. The van der Waals surface area contributed by atoms with Gasteiger partial charge < -0.3 is 0 Å². The molecule has 0 bridgehead atoms. The predicted octanol–water partition coefficient (Wildman–Crippen LogP) is 3.04. The fourth-order valence-electron chi connectivity index (χ4n) is 1.07. The van der Waals surface area contributed by atoms with Crippen LogP contribution < -0.4 is 0 Å². The maximum absolute atomic E-state index is 2.27. The zero-order valence-corrected chi connectivity index (χ0v) is 6.49. The van der Waals surface area contributed by atoms with Crippen molar-refractivity contribution < 1.29 is 0 Å². The van der Waals surface area contributed by atoms with Crippen molar-refractivity contribution >= 4 is 0 Å². The molecule has 0 spiro atoms. The van der Waals surface area contributed by atoms with Crippen molar-refractivity contribution in [1.82, 2.24) is 0 Å². The van der Waals surface area contributed by atoms with E-state index in [2.05, 4.69) is 27.7 Å². The molecule has 0 aliphatic rings. The normalized spacial score (nSPS) is 10.1. The fourth-order valence-corrected chi connectivity index (χ4v) is 1.07. The first-order chi connectivity index (χ1) is 3.72. The Morgan fingerprint density at radius 2 is 1.50 bits per heavy atom. The second-order valence-electron chi connectivity index (χ2n) is 2.52. The number of hydrogen-bond acceptors (Lipinski definition) is 0. The molecule has 8 heavy (non-hydrogen) atoms. The maximum atomic E-state index is 2.27. The molecule has 0 radical (unpaired) electrons. The highest BCUT2D eigenvalue weighted by atomic mass is 14.1. The van der Waals surface area contributed by atoms with E-state index >= 15 is 0 Å². The van der Waals surface area contributed by atoms with Gasteiger partial charge in [-0.1, -0.05) is 0 Å². The summed E-state index contributed by atoms with van der Waals surface area (Å²) in [6.45, 7) is 9.00. The highest BCUT2D eigenvalue weighted by Gasteiger charge is 2.18. The first-order valence-corrected chi connectivity index (χ1v) is 3.56. The zero-order chi connectivity index (χ0) is 6.57. The molecule has 0 rings (SSSR count). The molecule has 0 heteroatoms. The van der Waals surface area contributed by atoms with Crippen molar-refractivity contribution in [3.8, 4) is 0 Å². The van der Waals surface area contributed by atoms with E-state index < -0.39 is 0 Å². The van der Waals surface area contributed by atoms with Gasteiger partial charge in [-0.15, -0.1) is 0 Å². The van der Waals surface area contributed by atoms with E-state index in [1.54, 1.807) is 5.92 Å². The average Bonchev–Trinajstić information content (AvgIpc) is 1.69. The second kappa shape index (κ2) is 3.82. The van der Waals surface area contributed by atoms with Crippen LogP contribution in [0, 0.1) is 11.8 Å². The molecule has 0 aromatic rings. The quantitative estimate of drug-likeness (QED) is 0.493. The fraction of sp³-hybridized carbons (Fsp3) is 0.875. The molecule has 0 saturated heterocycles. The Hall–Kier alpha value is -0.130. The van der Waals surface area contributed by atoms with Crippen LogP contribution in [0.1, 0.15) is 40.5 Å². The van der Waals surface area contributed by atoms with Gasteiger partial charge in [0.05, 0.1) is 24.7 Å². The van der Waals surface area contributed by atoms with Crippen LogP contribution in [0.3, 0.4) is 0 Å². The molecule has 0 fully saturated rings. The highest BCUT2D eigenvalue weighted by molar-refractivity contribution is 4.89. The molecule has 0 N–H and O–H groups in total. The number of hydrogen-bond donors (Lipinski definition) is 0. The van der Waals surface area contributed by atoms with Crippen molar-refractivity contribution in [2.45, 2.75) is 40.5 Å². The SMILES string of the molecule is CC[C+](CC)C(C)C. The van der Waals surface area contributed by atoms with E-state index in [1.807, 2.05) is 0 Å². The van der Waals surface area contributed by atoms with Gasteiger partial charge in [0, 0.05) is 0 Å². The van der Waals surface area contributed by atoms with Crippen LogP contribution in [0.5, 0.6) is 0 Å². The Morgan fingerprint density at radius 1 is 1.12 bits per heavy atom. The summed E-state index contributed by atoms with van der Waals surface area (Å²) in [6.07, 6.45) is 2.52. The summed E-state index contributed by atoms with van der Waals surface area (Å²) >= 11 is 0. The average molecular weight is 113 g/mol. The summed E-state index contributed by atoms with van der Waals surface area (Å²) in [6, 6.07) is 0. The number of rotatable bonds is 3. The van der Waals surface area contributed by atoms with Gasteiger partial charge in [0.15, 0.2) is 0 Å². The molecule has 48 valence electrons. The minimum Gasteiger partial charge on any atom is -0.0242 e. The lowest BCUT2D eigenvalue weighted by atomic mass is 9.91. The molecule has 0 atom stereocenters. The Bertz CT molecular complexity index is 42.0. The van der Waals surface area contributed by atoms with Gasteiger partial charge >= 0.3 is 0 Å². The Balaban J connectivity index is 3.35. The largest absolute Gasteiger partial charge is 0.0946 e. The van der Waals surface area contributed by atoms with Crippen LogP contribution in [0.4, 0.5) is 0 Å². The molecule has 0 aromatic carbocycles. The van der Waals surface area contributed by atoms with Gasteiger partial charge in [-0.05, 0) is 27.7 Å². The van der Waals surface area contributed by atoms with Gasteiger partial charge in [-0.2, -0.15) is 0 Å². The van der Waals surface area contributed by atoms with Gasteiger partial charge in [0.25, 0.3) is 0 Å². The molecular formula is C8H17+. The van der Waals surface area contributed by atoms with E-state index in [-0.39, 0.29) is 0 Å². The lowest BCUT2D eigenvalue weighted by Crippen LogP contribution is -2.01. The third-order valence-electron chi connectivity index (χ3n) is 1.72. The third kappa shape index (κ3) is 2.25. The van der Waals surface area contributed by atoms with Crippen molar-refractivity contribution in [3.05, 3.63) is 5.92 Å². The Morgan fingerprint density at radius 3 is 1.50 bits per heavy atom. The topological polar surface area (TPSA) is 0 Å². The van der Waals surface area contributed by atoms with Gasteiger partial charge in [-0.3, -0.25) is 0 Å². The first-order valence-electron chi connectivity index (χ1n) is 3.56. The van der Waals surface area contributed by atoms with Gasteiger partial charge in [0.1, 0.15) is 0 Å². The molecule has 0 amide bonds. The molecule has 0 unspecified atom stereocenters. The zero-order valence-electron chi connectivity index (χ0n) is 6.49. The Labute approximate surface area is 53.3 Å².